The van der Waals surface area contributed by atoms with Crippen molar-refractivity contribution >= 4 is 33.6 Å². The first-order valence-electron chi connectivity index (χ1n) is 5.47. The van der Waals surface area contributed by atoms with Crippen LogP contribution in [0.15, 0.2) is 22.7 Å². The molecule has 0 atom stereocenters. The summed E-state index contributed by atoms with van der Waals surface area (Å²) in [6.07, 6.45) is 0. The summed E-state index contributed by atoms with van der Waals surface area (Å²) in [4.78, 5) is 24.8. The summed E-state index contributed by atoms with van der Waals surface area (Å²) in [6, 6.07) is 3.96. The Balaban J connectivity index is 2.19. The number of urea groups is 1. The summed E-state index contributed by atoms with van der Waals surface area (Å²) < 4.78 is 11.6. The van der Waals surface area contributed by atoms with Gasteiger partial charge in [-0.1, -0.05) is 15.9 Å². The summed E-state index contributed by atoms with van der Waals surface area (Å²) in [5, 5.41) is 8.74. The first kappa shape index (κ1) is 12.5. The number of rotatable bonds is 0. The van der Waals surface area contributed by atoms with Gasteiger partial charge in [0.2, 0.25) is 0 Å². The fourth-order valence-corrected chi connectivity index (χ4v) is 2.64. The Morgan fingerprint density at radius 1 is 1.42 bits per heavy atom. The van der Waals surface area contributed by atoms with Crippen LogP contribution >= 0.6 is 15.9 Å². The van der Waals surface area contributed by atoms with Gasteiger partial charge in [-0.3, -0.25) is 10.0 Å². The molecule has 1 aromatic carbocycles. The largest absolute Gasteiger partial charge is 0.352 e. The van der Waals surface area contributed by atoms with E-state index in [1.807, 2.05) is 0 Å². The van der Waals surface area contributed by atoms with E-state index in [2.05, 4.69) is 15.9 Å². The molecule has 2 N–H and O–H groups in total. The van der Waals surface area contributed by atoms with E-state index in [9.17, 15) is 9.59 Å². The van der Waals surface area contributed by atoms with Gasteiger partial charge in [0.15, 0.2) is 0 Å². The van der Waals surface area contributed by atoms with Crippen molar-refractivity contribution in [3.63, 3.8) is 0 Å². The second-order valence-electron chi connectivity index (χ2n) is 4.03. The number of nitrogens with one attached hydrogen (secondary N) is 1. The Kier molecular flexibility index (Phi) is 2.82. The number of halogens is 1. The van der Waals surface area contributed by atoms with Crippen LogP contribution in [0.4, 0.5) is 10.5 Å². The van der Waals surface area contributed by atoms with Gasteiger partial charge in [-0.2, -0.15) is 0 Å². The number of nitrogens with zero attached hydrogens (tertiary/aromatic N) is 1. The smallest absolute Gasteiger partial charge is 0.336 e. The summed E-state index contributed by atoms with van der Waals surface area (Å²) in [6.45, 7) is 0.512. The molecule has 1 spiro atoms. The molecule has 2 heterocycles. The van der Waals surface area contributed by atoms with Gasteiger partial charge >= 0.3 is 11.9 Å². The maximum Gasteiger partial charge on any atom is 0.352 e. The number of fused-ring (bicyclic) bond motifs is 2. The molecule has 8 heteroatoms. The Hall–Kier alpha value is -1.48. The van der Waals surface area contributed by atoms with Crippen LogP contribution in [0, 0.1) is 0 Å². The van der Waals surface area contributed by atoms with Crippen molar-refractivity contribution in [1.82, 2.24) is 5.48 Å². The quantitative estimate of drug-likeness (QED) is 0.550. The molecule has 0 bridgehead atoms. The van der Waals surface area contributed by atoms with Gasteiger partial charge in [0, 0.05) is 10.0 Å². The molecule has 0 aromatic heterocycles. The number of hydrogen-bond donors (Lipinski definition) is 2. The first-order valence-corrected chi connectivity index (χ1v) is 6.26. The van der Waals surface area contributed by atoms with E-state index >= 15 is 0 Å². The van der Waals surface area contributed by atoms with Crippen molar-refractivity contribution in [3.8, 4) is 0 Å². The van der Waals surface area contributed by atoms with E-state index < -0.39 is 17.7 Å². The molecular weight excluding hydrogens is 320 g/mol. The number of carbonyl (C=O) groups is 2. The highest BCUT2D eigenvalue weighted by molar-refractivity contribution is 9.10. The summed E-state index contributed by atoms with van der Waals surface area (Å²) in [5.74, 6) is -2.27. The maximum absolute atomic E-state index is 12.4. The van der Waals surface area contributed by atoms with Gasteiger partial charge in [0.25, 0.3) is 5.79 Å². The molecule has 0 radical (unpaired) electrons. The Labute approximate surface area is 116 Å². The highest BCUT2D eigenvalue weighted by atomic mass is 79.9. The lowest BCUT2D eigenvalue weighted by atomic mass is 10.1. The predicted molar refractivity (Wildman–Crippen MR) is 65.5 cm³/mol. The number of amides is 3. The van der Waals surface area contributed by atoms with Crippen LogP contribution in [0.2, 0.25) is 0 Å². The second kappa shape index (κ2) is 4.27. The average molecular weight is 329 g/mol. The van der Waals surface area contributed by atoms with Crippen LogP contribution in [0.3, 0.4) is 0 Å². The third-order valence-electron chi connectivity index (χ3n) is 3.03. The highest BCUT2D eigenvalue weighted by Gasteiger charge is 2.57. The van der Waals surface area contributed by atoms with Crippen molar-refractivity contribution in [2.75, 3.05) is 18.1 Å². The zero-order valence-corrected chi connectivity index (χ0v) is 11.1. The fourth-order valence-electron chi connectivity index (χ4n) is 2.28. The number of imide groups is 1. The van der Waals surface area contributed by atoms with Crippen LogP contribution in [0.25, 0.3) is 0 Å². The number of benzene rings is 1. The minimum absolute atomic E-state index is 0.256. The number of carbonyl (C=O) groups excluding carboxylic acids is 2. The molecular formula is C11H9BrN2O5. The Bertz CT molecular complexity index is 570. The Morgan fingerprint density at radius 2 is 2.11 bits per heavy atom. The molecule has 19 heavy (non-hydrogen) atoms. The normalized spacial score (nSPS) is 19.9. The predicted octanol–water partition coefficient (Wildman–Crippen LogP) is 1.09. The van der Waals surface area contributed by atoms with Crippen LogP contribution in [-0.4, -0.2) is 30.4 Å². The molecule has 7 nitrogen and oxygen atoms in total. The first-order chi connectivity index (χ1) is 9.10. The molecule has 1 fully saturated rings. The molecule has 0 unspecified atom stereocenters. The molecule has 1 saturated heterocycles. The minimum Gasteiger partial charge on any atom is -0.336 e. The van der Waals surface area contributed by atoms with E-state index in [4.69, 9.17) is 14.7 Å². The topological polar surface area (TPSA) is 88.1 Å². The molecule has 0 aliphatic carbocycles. The number of hydrogen-bond acceptors (Lipinski definition) is 5. The van der Waals surface area contributed by atoms with Gasteiger partial charge < -0.3 is 9.47 Å². The summed E-state index contributed by atoms with van der Waals surface area (Å²) >= 11 is 3.30. The third kappa shape index (κ3) is 1.61. The third-order valence-corrected chi connectivity index (χ3v) is 3.52. The lowest BCUT2D eigenvalue weighted by molar-refractivity contribution is -0.180. The molecule has 1 aromatic rings. The van der Waals surface area contributed by atoms with Gasteiger partial charge in [0.05, 0.1) is 18.9 Å². The zero-order valence-electron chi connectivity index (χ0n) is 9.55. The van der Waals surface area contributed by atoms with Crippen molar-refractivity contribution in [2.24, 2.45) is 0 Å². The van der Waals surface area contributed by atoms with E-state index in [1.54, 1.807) is 18.2 Å². The van der Waals surface area contributed by atoms with E-state index in [0.717, 1.165) is 9.37 Å². The minimum atomic E-state index is -1.59. The highest BCUT2D eigenvalue weighted by Crippen LogP contribution is 2.46. The van der Waals surface area contributed by atoms with Crippen molar-refractivity contribution in [3.05, 3.63) is 28.2 Å². The standard InChI is InChI=1S/C11H9BrN2O5/c12-6-1-2-8-7(5-6)11(18-3-4-19-11)9(15)14(8)10(16)13-17/h1-2,5,17H,3-4H2,(H,13,16). The van der Waals surface area contributed by atoms with E-state index in [-0.39, 0.29) is 13.2 Å². The van der Waals surface area contributed by atoms with Gasteiger partial charge in [-0.15, -0.1) is 0 Å². The number of anilines is 1. The lowest BCUT2D eigenvalue weighted by Gasteiger charge is -2.20. The van der Waals surface area contributed by atoms with Gasteiger partial charge in [0.1, 0.15) is 0 Å². The van der Waals surface area contributed by atoms with E-state index in [1.165, 1.54) is 5.48 Å². The summed E-state index contributed by atoms with van der Waals surface area (Å²) in [7, 11) is 0. The van der Waals surface area contributed by atoms with E-state index in [0.29, 0.717) is 11.3 Å². The number of ether oxygens (including phenoxy) is 2. The molecule has 2 aliphatic rings. The van der Waals surface area contributed by atoms with Gasteiger partial charge in [-0.25, -0.2) is 15.2 Å². The lowest BCUT2D eigenvalue weighted by Crippen LogP contribution is -2.47. The van der Waals surface area contributed by atoms with Crippen LogP contribution in [-0.2, 0) is 20.1 Å². The van der Waals surface area contributed by atoms with Gasteiger partial charge in [-0.05, 0) is 18.2 Å². The molecule has 3 amide bonds. The SMILES string of the molecule is O=C(NO)N1C(=O)C2(OCCO2)c2cc(Br)ccc21. The summed E-state index contributed by atoms with van der Waals surface area (Å²) in [5.41, 5.74) is 2.20. The molecule has 100 valence electrons. The molecule has 0 saturated carbocycles. The number of hydroxylamine groups is 1. The maximum atomic E-state index is 12.4. The fraction of sp³-hybridized carbons (Fsp3) is 0.273. The molecule has 2 aliphatic heterocycles. The average Bonchev–Trinajstić information content (AvgIpc) is 2.97. The van der Waals surface area contributed by atoms with Crippen molar-refractivity contribution in [1.29, 1.82) is 0 Å². The van der Waals surface area contributed by atoms with Crippen LogP contribution in [0.5, 0.6) is 0 Å². The Morgan fingerprint density at radius 3 is 2.74 bits per heavy atom. The second-order valence-corrected chi connectivity index (χ2v) is 4.95. The molecule has 3 rings (SSSR count). The monoisotopic (exact) mass is 328 g/mol. The van der Waals surface area contributed by atoms with Crippen LogP contribution in [0.1, 0.15) is 5.56 Å². The van der Waals surface area contributed by atoms with Crippen molar-refractivity contribution in [2.45, 2.75) is 5.79 Å². The zero-order chi connectivity index (χ0) is 13.6. The van der Waals surface area contributed by atoms with Crippen LogP contribution < -0.4 is 10.4 Å². The van der Waals surface area contributed by atoms with Crippen molar-refractivity contribution < 1.29 is 24.3 Å².